The molecule has 6 nitrogen and oxygen atoms in total. The topological polar surface area (TPSA) is 75.7 Å². The summed E-state index contributed by atoms with van der Waals surface area (Å²) in [5, 5.41) is 2.99. The van der Waals surface area contributed by atoms with Gasteiger partial charge in [-0.1, -0.05) is 60.1 Å². The number of ether oxygens (including phenoxy) is 1. The molecule has 0 saturated heterocycles. The largest absolute Gasteiger partial charge is 0.496 e. The van der Waals surface area contributed by atoms with Crippen molar-refractivity contribution < 1.29 is 17.9 Å². The Kier molecular flexibility index (Phi) is 9.10. The van der Waals surface area contributed by atoms with Crippen LogP contribution in [0.4, 0.5) is 5.69 Å². The van der Waals surface area contributed by atoms with Crippen molar-refractivity contribution in [3.8, 4) is 5.75 Å². The number of carbonyl (C=O) groups excluding carboxylic acids is 1. The Labute approximate surface area is 216 Å². The molecule has 0 aliphatic carbocycles. The van der Waals surface area contributed by atoms with Gasteiger partial charge in [-0.3, -0.25) is 4.79 Å². The molecular weight excluding hydrogens is 528 g/mol. The summed E-state index contributed by atoms with van der Waals surface area (Å²) in [5.41, 5.74) is 4.23. The molecule has 0 atom stereocenters. The average Bonchev–Trinajstić information content (AvgIpc) is 2.84. The second-order valence-electron chi connectivity index (χ2n) is 8.24. The summed E-state index contributed by atoms with van der Waals surface area (Å²) < 4.78 is 34.8. The van der Waals surface area contributed by atoms with Crippen LogP contribution in [0.25, 0.3) is 0 Å². The Morgan fingerprint density at radius 2 is 1.63 bits per heavy atom. The summed E-state index contributed by atoms with van der Waals surface area (Å²) in [6.45, 7) is 5.59. The Bertz CT molecular complexity index is 1270. The van der Waals surface area contributed by atoms with Crippen LogP contribution in [0.1, 0.15) is 36.1 Å². The van der Waals surface area contributed by atoms with Gasteiger partial charge in [-0.05, 0) is 72.4 Å². The Balaban J connectivity index is 1.95. The van der Waals surface area contributed by atoms with E-state index >= 15 is 0 Å². The molecular formula is C27H31BrN2O4S. The van der Waals surface area contributed by atoms with Crippen molar-refractivity contribution in [1.82, 2.24) is 4.31 Å². The third-order valence-electron chi connectivity index (χ3n) is 5.82. The van der Waals surface area contributed by atoms with Gasteiger partial charge in [0.05, 0.1) is 18.6 Å². The fraction of sp³-hybridized carbons (Fsp3) is 0.296. The second kappa shape index (κ2) is 11.8. The second-order valence-corrected chi connectivity index (χ2v) is 11.1. The molecule has 186 valence electrons. The number of rotatable bonds is 10. The highest BCUT2D eigenvalue weighted by molar-refractivity contribution is 9.10. The predicted molar refractivity (Wildman–Crippen MR) is 143 cm³/mol. The predicted octanol–water partition coefficient (Wildman–Crippen LogP) is 5.72. The van der Waals surface area contributed by atoms with Gasteiger partial charge in [0.25, 0.3) is 0 Å². The standard InChI is InChI=1S/C27H31BrN2O4S/c1-5-21-15-23(28)16-22(6-2)27(21)29-26(31)18-30(17-20-10-8-7-9-11-20)35(32,33)24-12-13-25(34-4)19(3)14-24/h7-16H,5-6,17-18H2,1-4H3,(H,29,31). The van der Waals surface area contributed by atoms with E-state index in [4.69, 9.17) is 4.74 Å². The molecule has 0 heterocycles. The zero-order chi connectivity index (χ0) is 25.6. The highest BCUT2D eigenvalue weighted by Crippen LogP contribution is 2.28. The number of sulfonamides is 1. The molecule has 0 saturated carbocycles. The van der Waals surface area contributed by atoms with Crippen molar-refractivity contribution in [2.45, 2.75) is 45.1 Å². The van der Waals surface area contributed by atoms with Gasteiger partial charge in [0.1, 0.15) is 5.75 Å². The summed E-state index contributed by atoms with van der Waals surface area (Å²) in [6.07, 6.45) is 1.47. The van der Waals surface area contributed by atoms with Crippen LogP contribution in [0.3, 0.4) is 0 Å². The zero-order valence-electron chi connectivity index (χ0n) is 20.5. The molecule has 0 spiro atoms. The highest BCUT2D eigenvalue weighted by Gasteiger charge is 2.28. The molecule has 35 heavy (non-hydrogen) atoms. The summed E-state index contributed by atoms with van der Waals surface area (Å²) >= 11 is 3.53. The average molecular weight is 560 g/mol. The first kappa shape index (κ1) is 26.9. The number of amides is 1. The van der Waals surface area contributed by atoms with E-state index in [0.717, 1.165) is 39.7 Å². The SMILES string of the molecule is CCc1cc(Br)cc(CC)c1NC(=O)CN(Cc1ccccc1)S(=O)(=O)c1ccc(OC)c(C)c1. The number of nitrogens with one attached hydrogen (secondary N) is 1. The molecule has 0 aromatic heterocycles. The molecule has 0 radical (unpaired) electrons. The maximum Gasteiger partial charge on any atom is 0.243 e. The lowest BCUT2D eigenvalue weighted by atomic mass is 10.0. The molecule has 0 bridgehead atoms. The lowest BCUT2D eigenvalue weighted by Crippen LogP contribution is -2.37. The lowest BCUT2D eigenvalue weighted by Gasteiger charge is -2.23. The highest BCUT2D eigenvalue weighted by atomic mass is 79.9. The molecule has 3 rings (SSSR count). The van der Waals surface area contributed by atoms with Crippen LogP contribution < -0.4 is 10.1 Å². The number of carbonyl (C=O) groups is 1. The quantitative estimate of drug-likeness (QED) is 0.345. The van der Waals surface area contributed by atoms with Crippen LogP contribution in [0.2, 0.25) is 0 Å². The molecule has 0 aliphatic heterocycles. The van der Waals surface area contributed by atoms with Crippen molar-refractivity contribution in [3.05, 3.63) is 87.4 Å². The molecule has 0 unspecified atom stereocenters. The molecule has 0 fully saturated rings. The van der Waals surface area contributed by atoms with Gasteiger partial charge in [0.2, 0.25) is 15.9 Å². The zero-order valence-corrected chi connectivity index (χ0v) is 22.9. The van der Waals surface area contributed by atoms with Crippen molar-refractivity contribution in [2.24, 2.45) is 0 Å². The van der Waals surface area contributed by atoms with Crippen LogP contribution in [0.15, 0.2) is 70.0 Å². The van der Waals surface area contributed by atoms with Crippen LogP contribution >= 0.6 is 15.9 Å². The Morgan fingerprint density at radius 3 is 2.17 bits per heavy atom. The molecule has 1 amide bonds. The third-order valence-corrected chi connectivity index (χ3v) is 8.06. The molecule has 1 N–H and O–H groups in total. The maximum atomic E-state index is 13.7. The van der Waals surface area contributed by atoms with Crippen LogP contribution in [0.5, 0.6) is 5.75 Å². The number of hydrogen-bond donors (Lipinski definition) is 1. The van der Waals surface area contributed by atoms with Crippen molar-refractivity contribution in [1.29, 1.82) is 0 Å². The van der Waals surface area contributed by atoms with Crippen LogP contribution in [0, 0.1) is 6.92 Å². The van der Waals surface area contributed by atoms with Gasteiger partial charge in [-0.25, -0.2) is 8.42 Å². The van der Waals surface area contributed by atoms with Crippen LogP contribution in [-0.2, 0) is 34.2 Å². The van der Waals surface area contributed by atoms with Gasteiger partial charge >= 0.3 is 0 Å². The van der Waals surface area contributed by atoms with E-state index in [0.29, 0.717) is 11.3 Å². The first-order chi connectivity index (χ1) is 16.7. The first-order valence-electron chi connectivity index (χ1n) is 11.5. The number of anilines is 1. The summed E-state index contributed by atoms with van der Waals surface area (Å²) in [4.78, 5) is 13.3. The number of nitrogens with zero attached hydrogens (tertiary/aromatic N) is 1. The number of benzene rings is 3. The van der Waals surface area contributed by atoms with Gasteiger partial charge in [0.15, 0.2) is 0 Å². The summed E-state index contributed by atoms with van der Waals surface area (Å²) in [6, 6.07) is 17.9. The monoisotopic (exact) mass is 558 g/mol. The molecule has 8 heteroatoms. The minimum atomic E-state index is -3.96. The van der Waals surface area contributed by atoms with Gasteiger partial charge in [-0.2, -0.15) is 4.31 Å². The van der Waals surface area contributed by atoms with E-state index in [-0.39, 0.29) is 23.9 Å². The fourth-order valence-corrected chi connectivity index (χ4v) is 5.98. The van der Waals surface area contributed by atoms with E-state index in [1.54, 1.807) is 26.2 Å². The minimum Gasteiger partial charge on any atom is -0.496 e. The fourth-order valence-electron chi connectivity index (χ4n) is 3.96. The van der Waals surface area contributed by atoms with E-state index in [2.05, 4.69) is 21.2 Å². The number of methoxy groups -OCH3 is 1. The van der Waals surface area contributed by atoms with E-state index in [1.807, 2.05) is 56.3 Å². The molecule has 3 aromatic rings. The normalized spacial score (nSPS) is 11.5. The minimum absolute atomic E-state index is 0.0727. The summed E-state index contributed by atoms with van der Waals surface area (Å²) in [5.74, 6) is 0.215. The lowest BCUT2D eigenvalue weighted by molar-refractivity contribution is -0.116. The van der Waals surface area contributed by atoms with Gasteiger partial charge in [0, 0.05) is 16.7 Å². The number of hydrogen-bond acceptors (Lipinski definition) is 4. The molecule has 3 aromatic carbocycles. The third kappa shape index (κ3) is 6.51. The van der Waals surface area contributed by atoms with Crippen LogP contribution in [-0.4, -0.2) is 32.3 Å². The Morgan fingerprint density at radius 1 is 1.00 bits per heavy atom. The van der Waals surface area contributed by atoms with E-state index in [1.165, 1.54) is 10.4 Å². The number of halogens is 1. The van der Waals surface area contributed by atoms with E-state index < -0.39 is 10.0 Å². The van der Waals surface area contributed by atoms with Crippen molar-refractivity contribution in [2.75, 3.05) is 19.0 Å². The Hall–Kier alpha value is -2.68. The maximum absolute atomic E-state index is 13.7. The van der Waals surface area contributed by atoms with Crippen molar-refractivity contribution in [3.63, 3.8) is 0 Å². The first-order valence-corrected chi connectivity index (χ1v) is 13.7. The summed E-state index contributed by atoms with van der Waals surface area (Å²) in [7, 11) is -2.42. The van der Waals surface area contributed by atoms with Gasteiger partial charge in [-0.15, -0.1) is 0 Å². The smallest absolute Gasteiger partial charge is 0.243 e. The number of aryl methyl sites for hydroxylation is 3. The van der Waals surface area contributed by atoms with Gasteiger partial charge < -0.3 is 10.1 Å². The molecule has 0 aliphatic rings. The van der Waals surface area contributed by atoms with E-state index in [9.17, 15) is 13.2 Å². The van der Waals surface area contributed by atoms with Crippen molar-refractivity contribution >= 4 is 37.5 Å².